The molecule has 1 unspecified atom stereocenters. The summed E-state index contributed by atoms with van der Waals surface area (Å²) in [6, 6.07) is 8.06. The molecule has 0 aliphatic carbocycles. The molecule has 0 aliphatic heterocycles. The molecule has 6 heteroatoms. The lowest BCUT2D eigenvalue weighted by Gasteiger charge is -2.16. The highest BCUT2D eigenvalue weighted by Crippen LogP contribution is 2.23. The number of hydrogen-bond donors (Lipinski definition) is 1. The maximum Gasteiger partial charge on any atom is 0.190 e. The lowest BCUT2D eigenvalue weighted by molar-refractivity contribution is 0.600. The first kappa shape index (κ1) is 14.1. The molecule has 0 amide bonds. The number of halogens is 2. The molecule has 1 aromatic heterocycles. The molecule has 0 spiro atoms. The predicted molar refractivity (Wildman–Crippen MR) is 77.3 cm³/mol. The second kappa shape index (κ2) is 6.21. The van der Waals surface area contributed by atoms with Crippen LogP contribution in [-0.4, -0.2) is 16.2 Å². The van der Waals surface area contributed by atoms with Gasteiger partial charge in [0.2, 0.25) is 0 Å². The van der Waals surface area contributed by atoms with Gasteiger partial charge in [0, 0.05) is 11.6 Å². The normalized spacial score (nSPS) is 12.2. The van der Waals surface area contributed by atoms with E-state index in [9.17, 15) is 4.39 Å². The molecule has 2 aromatic rings. The van der Waals surface area contributed by atoms with Crippen molar-refractivity contribution in [3.8, 4) is 0 Å². The van der Waals surface area contributed by atoms with Crippen LogP contribution in [0.1, 0.15) is 18.5 Å². The summed E-state index contributed by atoms with van der Waals surface area (Å²) in [5.41, 5.74) is 0.586. The van der Waals surface area contributed by atoms with E-state index >= 15 is 0 Å². The zero-order valence-corrected chi connectivity index (χ0v) is 12.1. The second-order valence-electron chi connectivity index (χ2n) is 3.95. The van der Waals surface area contributed by atoms with E-state index < -0.39 is 0 Å². The Hall–Kier alpha value is -1.33. The third-order valence-corrected chi connectivity index (χ3v) is 3.33. The van der Waals surface area contributed by atoms with Crippen molar-refractivity contribution in [3.05, 3.63) is 46.9 Å². The topological polar surface area (TPSA) is 37.8 Å². The fourth-order valence-electron chi connectivity index (χ4n) is 1.69. The molecule has 0 fully saturated rings. The quantitative estimate of drug-likeness (QED) is 0.522. The van der Waals surface area contributed by atoms with Crippen LogP contribution in [0.5, 0.6) is 0 Å². The van der Waals surface area contributed by atoms with Crippen molar-refractivity contribution < 1.29 is 4.39 Å². The average Bonchev–Trinajstić information content (AvgIpc) is 2.38. The molecule has 1 atom stereocenters. The number of nitrogens with zero attached hydrogens (tertiary/aromatic N) is 2. The molecule has 0 radical (unpaired) electrons. The molecule has 0 saturated carbocycles. The van der Waals surface area contributed by atoms with E-state index in [1.807, 2.05) is 13.2 Å². The summed E-state index contributed by atoms with van der Waals surface area (Å²) in [7, 11) is 0. The van der Waals surface area contributed by atoms with Crippen molar-refractivity contribution in [1.82, 2.24) is 9.97 Å². The number of rotatable bonds is 4. The summed E-state index contributed by atoms with van der Waals surface area (Å²) in [6.07, 6.45) is 1.87. The summed E-state index contributed by atoms with van der Waals surface area (Å²) in [5.74, 6) is 0.341. The maximum atomic E-state index is 13.7. The Balaban J connectivity index is 2.21. The summed E-state index contributed by atoms with van der Waals surface area (Å²) >= 11 is 7.31. The molecule has 0 bridgehead atoms. The van der Waals surface area contributed by atoms with Crippen molar-refractivity contribution in [2.24, 2.45) is 0 Å². The van der Waals surface area contributed by atoms with Gasteiger partial charge in [-0.05, 0) is 19.2 Å². The Bertz CT molecular complexity index is 580. The van der Waals surface area contributed by atoms with Crippen LogP contribution < -0.4 is 5.32 Å². The number of thioether (sulfide) groups is 1. The Kier molecular flexibility index (Phi) is 4.61. The van der Waals surface area contributed by atoms with E-state index in [2.05, 4.69) is 15.3 Å². The molecule has 1 N–H and O–H groups in total. The van der Waals surface area contributed by atoms with Gasteiger partial charge in [0.05, 0.1) is 6.04 Å². The summed E-state index contributed by atoms with van der Waals surface area (Å²) in [5, 5.41) is 4.07. The largest absolute Gasteiger partial charge is 0.363 e. The standard InChI is InChI=1S/C13H13ClFN3S/c1-8(9-5-3-4-6-10(9)15)16-12-7-11(14)17-13(18-12)19-2/h3-8H,1-2H3,(H,16,17,18). The van der Waals surface area contributed by atoms with Gasteiger partial charge in [-0.25, -0.2) is 14.4 Å². The Morgan fingerprint density at radius 1 is 1.32 bits per heavy atom. The highest BCUT2D eigenvalue weighted by Gasteiger charge is 2.11. The van der Waals surface area contributed by atoms with Crippen LogP contribution in [0, 0.1) is 5.82 Å². The first-order valence-corrected chi connectivity index (χ1v) is 7.30. The van der Waals surface area contributed by atoms with Crippen LogP contribution in [0.15, 0.2) is 35.5 Å². The second-order valence-corrected chi connectivity index (χ2v) is 5.11. The Morgan fingerprint density at radius 3 is 2.74 bits per heavy atom. The van der Waals surface area contributed by atoms with Crippen molar-refractivity contribution in [2.75, 3.05) is 11.6 Å². The van der Waals surface area contributed by atoms with Crippen molar-refractivity contribution in [1.29, 1.82) is 0 Å². The highest BCUT2D eigenvalue weighted by molar-refractivity contribution is 7.98. The lowest BCUT2D eigenvalue weighted by Crippen LogP contribution is -2.10. The van der Waals surface area contributed by atoms with E-state index in [0.29, 0.717) is 21.7 Å². The molecule has 1 aromatic carbocycles. The van der Waals surface area contributed by atoms with Gasteiger partial charge < -0.3 is 5.32 Å². The van der Waals surface area contributed by atoms with Crippen LogP contribution in [0.4, 0.5) is 10.2 Å². The number of anilines is 1. The summed E-state index contributed by atoms with van der Waals surface area (Å²) in [4.78, 5) is 8.33. The zero-order chi connectivity index (χ0) is 13.8. The number of aromatic nitrogens is 2. The predicted octanol–water partition coefficient (Wildman–Crippen LogP) is 4.16. The fourth-order valence-corrected chi connectivity index (χ4v) is 2.30. The Morgan fingerprint density at radius 2 is 2.05 bits per heavy atom. The smallest absolute Gasteiger partial charge is 0.190 e. The van der Waals surface area contributed by atoms with E-state index in [-0.39, 0.29) is 11.9 Å². The third kappa shape index (κ3) is 3.58. The van der Waals surface area contributed by atoms with Gasteiger partial charge >= 0.3 is 0 Å². The van der Waals surface area contributed by atoms with Gasteiger partial charge in [0.15, 0.2) is 5.16 Å². The lowest BCUT2D eigenvalue weighted by atomic mass is 10.1. The van der Waals surface area contributed by atoms with Crippen LogP contribution >= 0.6 is 23.4 Å². The molecule has 3 nitrogen and oxygen atoms in total. The molecular weight excluding hydrogens is 285 g/mol. The first-order valence-electron chi connectivity index (χ1n) is 5.69. The molecule has 0 saturated heterocycles. The first-order chi connectivity index (χ1) is 9.10. The maximum absolute atomic E-state index is 13.7. The SMILES string of the molecule is CSc1nc(Cl)cc(NC(C)c2ccccc2F)n1. The molecule has 0 aliphatic rings. The Labute approximate surface area is 120 Å². The van der Waals surface area contributed by atoms with E-state index in [1.54, 1.807) is 24.3 Å². The molecule has 100 valence electrons. The minimum atomic E-state index is -0.243. The monoisotopic (exact) mass is 297 g/mol. The van der Waals surface area contributed by atoms with E-state index in [4.69, 9.17) is 11.6 Å². The summed E-state index contributed by atoms with van der Waals surface area (Å²) < 4.78 is 13.7. The highest BCUT2D eigenvalue weighted by atomic mass is 35.5. The van der Waals surface area contributed by atoms with Gasteiger partial charge in [-0.2, -0.15) is 0 Å². The van der Waals surface area contributed by atoms with Gasteiger partial charge in [-0.1, -0.05) is 41.6 Å². The van der Waals surface area contributed by atoms with Crippen LogP contribution in [0.3, 0.4) is 0 Å². The number of nitrogens with one attached hydrogen (secondary N) is 1. The summed E-state index contributed by atoms with van der Waals surface area (Å²) in [6.45, 7) is 1.87. The zero-order valence-electron chi connectivity index (χ0n) is 10.5. The molecule has 19 heavy (non-hydrogen) atoms. The molecule has 2 rings (SSSR count). The minimum Gasteiger partial charge on any atom is -0.363 e. The molecular formula is C13H13ClFN3S. The third-order valence-electron chi connectivity index (χ3n) is 2.59. The minimum absolute atomic E-state index is 0.207. The van der Waals surface area contributed by atoms with E-state index in [0.717, 1.165) is 0 Å². The van der Waals surface area contributed by atoms with Gasteiger partial charge in [-0.15, -0.1) is 0 Å². The van der Waals surface area contributed by atoms with Gasteiger partial charge in [0.25, 0.3) is 0 Å². The van der Waals surface area contributed by atoms with Crippen molar-refractivity contribution in [3.63, 3.8) is 0 Å². The van der Waals surface area contributed by atoms with Gasteiger partial charge in [-0.3, -0.25) is 0 Å². The van der Waals surface area contributed by atoms with Gasteiger partial charge in [0.1, 0.15) is 16.8 Å². The fraction of sp³-hybridized carbons (Fsp3) is 0.231. The number of hydrogen-bond acceptors (Lipinski definition) is 4. The van der Waals surface area contributed by atoms with E-state index in [1.165, 1.54) is 17.8 Å². The van der Waals surface area contributed by atoms with Crippen molar-refractivity contribution >= 4 is 29.2 Å². The number of benzene rings is 1. The molecule has 1 heterocycles. The van der Waals surface area contributed by atoms with Crippen LogP contribution in [-0.2, 0) is 0 Å². The average molecular weight is 298 g/mol. The van der Waals surface area contributed by atoms with Crippen LogP contribution in [0.2, 0.25) is 5.15 Å². The van der Waals surface area contributed by atoms with Crippen molar-refractivity contribution in [2.45, 2.75) is 18.1 Å². The van der Waals surface area contributed by atoms with Crippen LogP contribution in [0.25, 0.3) is 0 Å².